The van der Waals surface area contributed by atoms with Crippen molar-refractivity contribution in [3.05, 3.63) is 11.4 Å². The van der Waals surface area contributed by atoms with E-state index in [0.29, 0.717) is 30.7 Å². The monoisotopic (exact) mass is 211 g/mol. The van der Waals surface area contributed by atoms with Crippen LogP contribution in [0.3, 0.4) is 0 Å². The first-order valence-corrected chi connectivity index (χ1v) is 4.87. The first-order valence-electron chi connectivity index (χ1n) is 4.87. The number of ether oxygens (including phenoxy) is 2. The van der Waals surface area contributed by atoms with Crippen LogP contribution in [-0.4, -0.2) is 30.3 Å². The zero-order valence-corrected chi connectivity index (χ0v) is 9.41. The predicted octanol–water partition coefficient (Wildman–Crippen LogP) is 1.09. The van der Waals surface area contributed by atoms with Crippen LogP contribution < -0.4 is 10.5 Å². The number of hydrogen-bond donors (Lipinski definition) is 1. The van der Waals surface area contributed by atoms with Gasteiger partial charge in [-0.2, -0.15) is 4.98 Å². The lowest BCUT2D eigenvalue weighted by Gasteiger charge is -2.09. The highest BCUT2D eigenvalue weighted by Crippen LogP contribution is 2.19. The lowest BCUT2D eigenvalue weighted by atomic mass is 10.3. The second-order valence-corrected chi connectivity index (χ2v) is 3.28. The molecule has 0 bridgehead atoms. The van der Waals surface area contributed by atoms with E-state index in [1.807, 2.05) is 6.92 Å². The van der Waals surface area contributed by atoms with Crippen molar-refractivity contribution in [3.8, 4) is 5.88 Å². The van der Waals surface area contributed by atoms with Gasteiger partial charge in [-0.15, -0.1) is 0 Å². The average molecular weight is 211 g/mol. The molecule has 15 heavy (non-hydrogen) atoms. The Morgan fingerprint density at radius 2 is 1.93 bits per heavy atom. The average Bonchev–Trinajstić information content (AvgIpc) is 2.19. The van der Waals surface area contributed by atoms with Crippen LogP contribution in [0.2, 0.25) is 0 Å². The number of nitrogens with zero attached hydrogens (tertiary/aromatic N) is 2. The number of nitrogens with two attached hydrogens (primary N) is 1. The minimum atomic E-state index is 0.476. The molecule has 0 amide bonds. The van der Waals surface area contributed by atoms with Crippen LogP contribution in [0.4, 0.5) is 5.82 Å². The molecule has 5 heteroatoms. The first-order chi connectivity index (χ1) is 7.15. The lowest BCUT2D eigenvalue weighted by molar-refractivity contribution is 0.170. The molecule has 0 unspecified atom stereocenters. The van der Waals surface area contributed by atoms with Gasteiger partial charge in [-0.1, -0.05) is 0 Å². The third-order valence-corrected chi connectivity index (χ3v) is 1.98. The van der Waals surface area contributed by atoms with Crippen molar-refractivity contribution in [2.75, 3.05) is 26.1 Å². The Balaban J connectivity index is 2.60. The Labute approximate surface area is 89.6 Å². The van der Waals surface area contributed by atoms with E-state index in [-0.39, 0.29) is 0 Å². The van der Waals surface area contributed by atoms with Gasteiger partial charge >= 0.3 is 0 Å². The Morgan fingerprint density at radius 1 is 1.20 bits per heavy atom. The lowest BCUT2D eigenvalue weighted by Crippen LogP contribution is -2.07. The zero-order valence-electron chi connectivity index (χ0n) is 9.41. The van der Waals surface area contributed by atoms with E-state index in [2.05, 4.69) is 9.97 Å². The topological polar surface area (TPSA) is 70.3 Å². The molecule has 84 valence electrons. The Kier molecular flexibility index (Phi) is 4.30. The molecule has 0 fully saturated rings. The summed E-state index contributed by atoms with van der Waals surface area (Å²) in [6, 6.07) is 0. The molecular weight excluding hydrogens is 194 g/mol. The van der Waals surface area contributed by atoms with Gasteiger partial charge in [0.1, 0.15) is 11.6 Å². The Bertz CT molecular complexity index is 329. The molecule has 1 aromatic rings. The summed E-state index contributed by atoms with van der Waals surface area (Å²) < 4.78 is 10.4. The second-order valence-electron chi connectivity index (χ2n) is 3.28. The number of aryl methyl sites for hydroxylation is 1. The van der Waals surface area contributed by atoms with Gasteiger partial charge in [0.2, 0.25) is 5.88 Å². The molecule has 2 N–H and O–H groups in total. The molecule has 0 aromatic carbocycles. The number of methoxy groups -OCH3 is 1. The molecule has 0 atom stereocenters. The zero-order chi connectivity index (χ0) is 11.3. The molecule has 1 rings (SSSR count). The third-order valence-electron chi connectivity index (χ3n) is 1.98. The molecule has 0 saturated carbocycles. The van der Waals surface area contributed by atoms with Gasteiger partial charge in [-0.3, -0.25) is 0 Å². The van der Waals surface area contributed by atoms with Crippen molar-refractivity contribution in [1.82, 2.24) is 9.97 Å². The number of hydrogen-bond acceptors (Lipinski definition) is 5. The van der Waals surface area contributed by atoms with E-state index in [9.17, 15) is 0 Å². The van der Waals surface area contributed by atoms with E-state index in [0.717, 1.165) is 12.0 Å². The SMILES string of the molecule is COCCCOc1nc(C)nc(N)c1C. The van der Waals surface area contributed by atoms with Gasteiger partial charge in [-0.25, -0.2) is 4.98 Å². The summed E-state index contributed by atoms with van der Waals surface area (Å²) in [6.45, 7) is 4.89. The van der Waals surface area contributed by atoms with E-state index < -0.39 is 0 Å². The van der Waals surface area contributed by atoms with Crippen LogP contribution in [0.5, 0.6) is 5.88 Å². The minimum Gasteiger partial charge on any atom is -0.477 e. The normalized spacial score (nSPS) is 10.3. The van der Waals surface area contributed by atoms with Crippen LogP contribution in [0, 0.1) is 13.8 Å². The van der Waals surface area contributed by atoms with Crippen molar-refractivity contribution in [3.63, 3.8) is 0 Å². The summed E-state index contributed by atoms with van der Waals surface area (Å²) in [4.78, 5) is 8.22. The number of nitrogen functional groups attached to an aromatic ring is 1. The maximum atomic E-state index is 5.70. The van der Waals surface area contributed by atoms with Crippen LogP contribution in [0.15, 0.2) is 0 Å². The molecule has 5 nitrogen and oxygen atoms in total. The standard InChI is InChI=1S/C10H17N3O2/c1-7-9(11)12-8(2)13-10(7)15-6-4-5-14-3/h4-6H2,1-3H3,(H2,11,12,13). The van der Waals surface area contributed by atoms with Crippen molar-refractivity contribution >= 4 is 5.82 Å². The molecule has 1 heterocycles. The van der Waals surface area contributed by atoms with Crippen molar-refractivity contribution in [2.45, 2.75) is 20.3 Å². The van der Waals surface area contributed by atoms with E-state index >= 15 is 0 Å². The van der Waals surface area contributed by atoms with Gasteiger partial charge in [0.15, 0.2) is 0 Å². The number of rotatable bonds is 5. The maximum Gasteiger partial charge on any atom is 0.221 e. The summed E-state index contributed by atoms with van der Waals surface area (Å²) in [5, 5.41) is 0. The molecule has 1 aromatic heterocycles. The summed E-state index contributed by atoms with van der Waals surface area (Å²) in [5.74, 6) is 1.67. The van der Waals surface area contributed by atoms with Gasteiger partial charge in [0.05, 0.1) is 12.2 Å². The molecule has 0 spiro atoms. The van der Waals surface area contributed by atoms with Crippen LogP contribution >= 0.6 is 0 Å². The summed E-state index contributed by atoms with van der Waals surface area (Å²) in [5.41, 5.74) is 6.49. The van der Waals surface area contributed by atoms with Gasteiger partial charge < -0.3 is 15.2 Å². The Morgan fingerprint density at radius 3 is 2.60 bits per heavy atom. The fourth-order valence-electron chi connectivity index (χ4n) is 1.14. The predicted molar refractivity (Wildman–Crippen MR) is 57.9 cm³/mol. The molecule has 0 saturated heterocycles. The van der Waals surface area contributed by atoms with Crippen LogP contribution in [0.1, 0.15) is 17.8 Å². The largest absolute Gasteiger partial charge is 0.477 e. The second kappa shape index (κ2) is 5.50. The van der Waals surface area contributed by atoms with Crippen LogP contribution in [-0.2, 0) is 4.74 Å². The highest BCUT2D eigenvalue weighted by Gasteiger charge is 2.07. The fourth-order valence-corrected chi connectivity index (χ4v) is 1.14. The number of anilines is 1. The third kappa shape index (κ3) is 3.36. The van der Waals surface area contributed by atoms with Crippen molar-refractivity contribution < 1.29 is 9.47 Å². The smallest absolute Gasteiger partial charge is 0.221 e. The van der Waals surface area contributed by atoms with E-state index in [4.69, 9.17) is 15.2 Å². The number of aromatic nitrogens is 2. The van der Waals surface area contributed by atoms with Gasteiger partial charge in [-0.05, 0) is 13.8 Å². The van der Waals surface area contributed by atoms with Crippen molar-refractivity contribution in [2.24, 2.45) is 0 Å². The van der Waals surface area contributed by atoms with Gasteiger partial charge in [0.25, 0.3) is 0 Å². The molecule has 0 aliphatic carbocycles. The van der Waals surface area contributed by atoms with Gasteiger partial charge in [0, 0.05) is 20.1 Å². The molecule has 0 aliphatic heterocycles. The van der Waals surface area contributed by atoms with E-state index in [1.54, 1.807) is 14.0 Å². The van der Waals surface area contributed by atoms with Crippen LogP contribution in [0.25, 0.3) is 0 Å². The quantitative estimate of drug-likeness (QED) is 0.738. The van der Waals surface area contributed by atoms with Crippen molar-refractivity contribution in [1.29, 1.82) is 0 Å². The summed E-state index contributed by atoms with van der Waals surface area (Å²) >= 11 is 0. The highest BCUT2D eigenvalue weighted by molar-refractivity contribution is 5.44. The summed E-state index contributed by atoms with van der Waals surface area (Å²) in [6.07, 6.45) is 0.832. The first kappa shape index (κ1) is 11.7. The fraction of sp³-hybridized carbons (Fsp3) is 0.600. The summed E-state index contributed by atoms with van der Waals surface area (Å²) in [7, 11) is 1.66. The minimum absolute atomic E-state index is 0.476. The molecule has 0 aliphatic rings. The molecular formula is C10H17N3O2. The van der Waals surface area contributed by atoms with E-state index in [1.165, 1.54) is 0 Å². The molecule has 0 radical (unpaired) electrons. The highest BCUT2D eigenvalue weighted by atomic mass is 16.5. The Hall–Kier alpha value is -1.36. The maximum absolute atomic E-state index is 5.70.